The molecular formula is C13H15NO6. The zero-order chi connectivity index (χ0) is 14.9. The van der Waals surface area contributed by atoms with E-state index < -0.39 is 36.2 Å². The molecule has 3 N–H and O–H groups in total. The van der Waals surface area contributed by atoms with Crippen LogP contribution in [-0.4, -0.2) is 56.6 Å². The highest BCUT2D eigenvalue weighted by molar-refractivity contribution is 5.94. The molecule has 7 nitrogen and oxygen atoms in total. The van der Waals surface area contributed by atoms with Crippen LogP contribution >= 0.6 is 0 Å². The number of rotatable bonds is 2. The molecular weight excluding hydrogens is 266 g/mol. The molecule has 1 aromatic carbocycles. The van der Waals surface area contributed by atoms with Gasteiger partial charge in [0.25, 0.3) is 5.91 Å². The maximum Gasteiger partial charge on any atom is 0.338 e. The number of hydrogen-bond donors (Lipinski definition) is 3. The summed E-state index contributed by atoms with van der Waals surface area (Å²) in [5.74, 6) is -2.02. The molecule has 1 aliphatic heterocycles. The Balaban J connectivity index is 2.26. The highest BCUT2D eigenvalue weighted by Gasteiger charge is 2.46. The third-order valence-electron chi connectivity index (χ3n) is 3.22. The molecule has 1 saturated heterocycles. The lowest BCUT2D eigenvalue weighted by atomic mass is 9.99. The van der Waals surface area contributed by atoms with Gasteiger partial charge in [-0.05, 0) is 19.1 Å². The molecule has 1 aromatic rings. The minimum Gasteiger partial charge on any atom is -0.479 e. The molecule has 2 rings (SSSR count). The number of aliphatic hydroxyl groups excluding tert-OH is 2. The number of aliphatic carboxylic acids is 1. The maximum atomic E-state index is 12.2. The van der Waals surface area contributed by atoms with Crippen molar-refractivity contribution >= 4 is 11.9 Å². The van der Waals surface area contributed by atoms with Crippen molar-refractivity contribution < 1.29 is 29.7 Å². The van der Waals surface area contributed by atoms with Crippen molar-refractivity contribution in [3.8, 4) is 0 Å². The number of carboxylic acids is 1. The number of benzene rings is 1. The first-order valence-corrected chi connectivity index (χ1v) is 6.08. The summed E-state index contributed by atoms with van der Waals surface area (Å²) in [7, 11) is 0. The van der Waals surface area contributed by atoms with Crippen LogP contribution in [0, 0.1) is 0 Å². The minimum absolute atomic E-state index is 0.298. The van der Waals surface area contributed by atoms with Crippen LogP contribution in [0.25, 0.3) is 0 Å². The third-order valence-corrected chi connectivity index (χ3v) is 3.22. The van der Waals surface area contributed by atoms with Crippen LogP contribution in [0.15, 0.2) is 30.3 Å². The first kappa shape index (κ1) is 14.4. The van der Waals surface area contributed by atoms with E-state index in [0.29, 0.717) is 5.56 Å². The molecule has 4 unspecified atom stereocenters. The highest BCUT2D eigenvalue weighted by atomic mass is 16.7. The molecule has 0 aliphatic carbocycles. The Bertz CT molecular complexity index is 505. The third kappa shape index (κ3) is 2.51. The van der Waals surface area contributed by atoms with Gasteiger partial charge in [0.1, 0.15) is 12.2 Å². The molecule has 0 radical (unpaired) electrons. The quantitative estimate of drug-likeness (QED) is 0.683. The van der Waals surface area contributed by atoms with Gasteiger partial charge in [-0.1, -0.05) is 18.2 Å². The van der Waals surface area contributed by atoms with Crippen LogP contribution in [-0.2, 0) is 9.63 Å². The van der Waals surface area contributed by atoms with Crippen molar-refractivity contribution in [1.82, 2.24) is 5.06 Å². The van der Waals surface area contributed by atoms with Crippen molar-refractivity contribution in [2.45, 2.75) is 31.3 Å². The summed E-state index contributed by atoms with van der Waals surface area (Å²) < 4.78 is 0. The number of aliphatic hydroxyl groups is 2. The normalized spacial score (nSPS) is 30.1. The summed E-state index contributed by atoms with van der Waals surface area (Å²) in [6.07, 6.45) is -4.69. The Hall–Kier alpha value is -1.96. The van der Waals surface area contributed by atoms with Gasteiger partial charge in [0.15, 0.2) is 0 Å². The van der Waals surface area contributed by atoms with Gasteiger partial charge in [-0.3, -0.25) is 9.63 Å². The van der Waals surface area contributed by atoms with Crippen LogP contribution < -0.4 is 0 Å². The summed E-state index contributed by atoms with van der Waals surface area (Å²) in [6, 6.07) is 7.27. The fourth-order valence-electron chi connectivity index (χ4n) is 2.02. The van der Waals surface area contributed by atoms with Gasteiger partial charge in [-0.15, -0.1) is 0 Å². The lowest BCUT2D eigenvalue weighted by molar-refractivity contribution is -0.274. The molecule has 1 amide bonds. The van der Waals surface area contributed by atoms with Crippen molar-refractivity contribution in [2.24, 2.45) is 0 Å². The molecule has 1 fully saturated rings. The van der Waals surface area contributed by atoms with E-state index in [1.807, 2.05) is 0 Å². The van der Waals surface area contributed by atoms with E-state index >= 15 is 0 Å². The van der Waals surface area contributed by atoms with Crippen molar-refractivity contribution in [3.05, 3.63) is 35.9 Å². The summed E-state index contributed by atoms with van der Waals surface area (Å²) in [5.41, 5.74) is 0.298. The predicted molar refractivity (Wildman–Crippen MR) is 66.6 cm³/mol. The van der Waals surface area contributed by atoms with Gasteiger partial charge in [0.2, 0.25) is 6.10 Å². The smallest absolute Gasteiger partial charge is 0.338 e. The number of carbonyl (C=O) groups is 2. The molecule has 4 atom stereocenters. The topological polar surface area (TPSA) is 107 Å². The van der Waals surface area contributed by atoms with Crippen molar-refractivity contribution in [3.63, 3.8) is 0 Å². The monoisotopic (exact) mass is 281 g/mol. The van der Waals surface area contributed by atoms with Crippen LogP contribution in [0.2, 0.25) is 0 Å². The van der Waals surface area contributed by atoms with Crippen LogP contribution in [0.3, 0.4) is 0 Å². The average molecular weight is 281 g/mol. The van der Waals surface area contributed by atoms with E-state index in [-0.39, 0.29) is 0 Å². The number of carbonyl (C=O) groups excluding carboxylic acids is 1. The number of nitrogens with zero attached hydrogens (tertiary/aromatic N) is 1. The molecule has 0 saturated carbocycles. The number of amides is 1. The molecule has 0 spiro atoms. The standard InChI is InChI=1S/C13H15NO6/c1-7-9(15)10(16)11(13(18)19)20-14(7)12(17)8-5-3-2-4-6-8/h2-7,9-11,15-16H,1H3,(H,18,19). The zero-order valence-corrected chi connectivity index (χ0v) is 10.7. The number of hydrogen-bond acceptors (Lipinski definition) is 5. The minimum atomic E-state index is -1.69. The van der Waals surface area contributed by atoms with Crippen LogP contribution in [0.1, 0.15) is 17.3 Å². The molecule has 20 heavy (non-hydrogen) atoms. The largest absolute Gasteiger partial charge is 0.479 e. The van der Waals surface area contributed by atoms with Crippen molar-refractivity contribution in [1.29, 1.82) is 0 Å². The van der Waals surface area contributed by atoms with Gasteiger partial charge in [-0.25, -0.2) is 9.86 Å². The predicted octanol–water partition coefficient (Wildman–Crippen LogP) is -0.362. The van der Waals surface area contributed by atoms with Gasteiger partial charge in [0.05, 0.1) is 6.04 Å². The molecule has 0 aromatic heterocycles. The second-order valence-electron chi connectivity index (χ2n) is 4.58. The van der Waals surface area contributed by atoms with Gasteiger partial charge >= 0.3 is 5.97 Å². The Morgan fingerprint density at radius 3 is 2.30 bits per heavy atom. The average Bonchev–Trinajstić information content (AvgIpc) is 2.45. The summed E-state index contributed by atoms with van der Waals surface area (Å²) in [5, 5.41) is 29.2. The lowest BCUT2D eigenvalue weighted by Crippen LogP contribution is -2.62. The van der Waals surface area contributed by atoms with E-state index in [1.165, 1.54) is 6.92 Å². The van der Waals surface area contributed by atoms with Crippen molar-refractivity contribution in [2.75, 3.05) is 0 Å². The fourth-order valence-corrected chi connectivity index (χ4v) is 2.02. The lowest BCUT2D eigenvalue weighted by Gasteiger charge is -2.41. The second kappa shape index (κ2) is 5.58. The Morgan fingerprint density at radius 2 is 1.75 bits per heavy atom. The molecule has 108 valence electrons. The number of hydroxylamine groups is 2. The molecule has 1 aliphatic rings. The SMILES string of the molecule is CC1C(O)C(O)C(C(=O)O)ON1C(=O)c1ccccc1. The van der Waals surface area contributed by atoms with E-state index in [0.717, 1.165) is 5.06 Å². The second-order valence-corrected chi connectivity index (χ2v) is 4.58. The molecule has 0 bridgehead atoms. The van der Waals surface area contributed by atoms with E-state index in [2.05, 4.69) is 0 Å². The van der Waals surface area contributed by atoms with Gasteiger partial charge in [-0.2, -0.15) is 0 Å². The van der Waals surface area contributed by atoms with E-state index in [9.17, 15) is 19.8 Å². The first-order valence-electron chi connectivity index (χ1n) is 6.08. The molecule has 7 heteroatoms. The fraction of sp³-hybridized carbons (Fsp3) is 0.385. The van der Waals surface area contributed by atoms with Gasteiger partial charge in [0, 0.05) is 5.56 Å². The van der Waals surface area contributed by atoms with Gasteiger partial charge < -0.3 is 15.3 Å². The summed E-state index contributed by atoms with van der Waals surface area (Å²) >= 11 is 0. The zero-order valence-electron chi connectivity index (χ0n) is 10.7. The maximum absolute atomic E-state index is 12.2. The highest BCUT2D eigenvalue weighted by Crippen LogP contribution is 2.23. The first-order chi connectivity index (χ1) is 9.43. The summed E-state index contributed by atoms with van der Waals surface area (Å²) in [4.78, 5) is 28.3. The summed E-state index contributed by atoms with van der Waals surface area (Å²) in [6.45, 7) is 1.47. The van der Waals surface area contributed by atoms with E-state index in [1.54, 1.807) is 30.3 Å². The van der Waals surface area contributed by atoms with E-state index in [4.69, 9.17) is 9.94 Å². The van der Waals surface area contributed by atoms with Crippen LogP contribution in [0.4, 0.5) is 0 Å². The Morgan fingerprint density at radius 1 is 1.15 bits per heavy atom. The Kier molecular flexibility index (Phi) is 4.03. The number of carboxylic acid groups (broad SMARTS) is 1. The Labute approximate surface area is 115 Å². The molecule has 1 heterocycles. The van der Waals surface area contributed by atoms with Crippen LogP contribution in [0.5, 0.6) is 0 Å².